The Balaban J connectivity index is 1.59. The van der Waals surface area contributed by atoms with Crippen molar-refractivity contribution >= 4 is 23.7 Å². The molecule has 3 aromatic carbocycles. The molecule has 1 heterocycles. The van der Waals surface area contributed by atoms with Crippen molar-refractivity contribution in [1.82, 2.24) is 0 Å². The molecule has 1 fully saturated rings. The minimum absolute atomic E-state index is 0.208. The fourth-order valence-electron chi connectivity index (χ4n) is 3.71. The van der Waals surface area contributed by atoms with Crippen molar-refractivity contribution in [3.8, 4) is 0 Å². The summed E-state index contributed by atoms with van der Waals surface area (Å²) in [6.07, 6.45) is -1.69. The SMILES string of the molecule is CC1(COC(=O)c2ccccc2)OC(OC(=O)c2ccccc2)C(=O)C1(C)OC(=O)c1ccccc1. The lowest BCUT2D eigenvalue weighted by atomic mass is 9.85. The summed E-state index contributed by atoms with van der Waals surface area (Å²) in [5.74, 6) is -3.04. The summed E-state index contributed by atoms with van der Waals surface area (Å²) < 4.78 is 22.3. The van der Waals surface area contributed by atoms with Crippen molar-refractivity contribution < 1.29 is 38.1 Å². The number of hydrogen-bond donors (Lipinski definition) is 0. The summed E-state index contributed by atoms with van der Waals surface area (Å²) in [4.78, 5) is 51.6. The molecule has 4 rings (SSSR count). The molecule has 0 N–H and O–H groups in total. The van der Waals surface area contributed by atoms with Crippen molar-refractivity contribution in [1.29, 1.82) is 0 Å². The smallest absolute Gasteiger partial charge is 0.340 e. The van der Waals surface area contributed by atoms with Crippen LogP contribution < -0.4 is 0 Å². The molecule has 8 nitrogen and oxygen atoms in total. The van der Waals surface area contributed by atoms with Gasteiger partial charge >= 0.3 is 17.9 Å². The zero-order chi connectivity index (χ0) is 25.8. The number of benzene rings is 3. The van der Waals surface area contributed by atoms with E-state index in [-0.39, 0.29) is 11.1 Å². The summed E-state index contributed by atoms with van der Waals surface area (Å²) in [5.41, 5.74) is -2.90. The molecule has 0 aliphatic carbocycles. The summed E-state index contributed by atoms with van der Waals surface area (Å²) in [7, 11) is 0. The van der Waals surface area contributed by atoms with Crippen molar-refractivity contribution in [2.24, 2.45) is 0 Å². The maximum absolute atomic E-state index is 13.5. The lowest BCUT2D eigenvalue weighted by Gasteiger charge is -2.36. The Hall–Kier alpha value is -4.30. The van der Waals surface area contributed by atoms with Crippen LogP contribution >= 0.6 is 0 Å². The van der Waals surface area contributed by atoms with Gasteiger partial charge in [0.2, 0.25) is 11.4 Å². The van der Waals surface area contributed by atoms with Gasteiger partial charge in [0.05, 0.1) is 16.7 Å². The fraction of sp³-hybridized carbons (Fsp3) is 0.214. The maximum Gasteiger partial charge on any atom is 0.340 e. The van der Waals surface area contributed by atoms with E-state index in [2.05, 4.69) is 0 Å². The molecule has 0 bridgehead atoms. The molecule has 0 saturated carbocycles. The van der Waals surface area contributed by atoms with Crippen molar-refractivity contribution in [3.05, 3.63) is 108 Å². The predicted molar refractivity (Wildman–Crippen MR) is 127 cm³/mol. The van der Waals surface area contributed by atoms with Crippen LogP contribution in [-0.2, 0) is 23.7 Å². The van der Waals surface area contributed by atoms with E-state index in [1.165, 1.54) is 38.1 Å². The highest BCUT2D eigenvalue weighted by atomic mass is 16.7. The Morgan fingerprint density at radius 1 is 0.722 bits per heavy atom. The molecule has 0 aromatic heterocycles. The fourth-order valence-corrected chi connectivity index (χ4v) is 3.71. The van der Waals surface area contributed by atoms with Gasteiger partial charge in [-0.2, -0.15) is 0 Å². The molecule has 1 aliphatic heterocycles. The second-order valence-electron chi connectivity index (χ2n) is 8.55. The number of Topliss-reactive ketones (excluding diaryl/α,β-unsaturated/α-hetero) is 1. The van der Waals surface area contributed by atoms with Gasteiger partial charge in [0, 0.05) is 0 Å². The van der Waals surface area contributed by atoms with Crippen LogP contribution in [0.2, 0.25) is 0 Å². The van der Waals surface area contributed by atoms with Gasteiger partial charge < -0.3 is 18.9 Å². The Morgan fingerprint density at radius 3 is 1.67 bits per heavy atom. The molecule has 3 unspecified atom stereocenters. The summed E-state index contributed by atoms with van der Waals surface area (Å²) in [6, 6.07) is 24.4. The molecule has 0 radical (unpaired) electrons. The third-order valence-corrected chi connectivity index (χ3v) is 6.08. The molecule has 36 heavy (non-hydrogen) atoms. The van der Waals surface area contributed by atoms with Crippen LogP contribution in [-0.4, -0.2) is 47.8 Å². The van der Waals surface area contributed by atoms with Crippen LogP contribution in [0.1, 0.15) is 44.9 Å². The number of rotatable bonds is 7. The van der Waals surface area contributed by atoms with Gasteiger partial charge in [-0.25, -0.2) is 14.4 Å². The summed E-state index contributed by atoms with van der Waals surface area (Å²) in [5, 5.41) is 0. The summed E-state index contributed by atoms with van der Waals surface area (Å²) in [6.45, 7) is 2.35. The van der Waals surface area contributed by atoms with Crippen LogP contribution in [0.4, 0.5) is 0 Å². The zero-order valence-corrected chi connectivity index (χ0v) is 19.7. The maximum atomic E-state index is 13.5. The van der Waals surface area contributed by atoms with Crippen LogP contribution in [0.5, 0.6) is 0 Å². The standard InChI is InChI=1S/C28H24O8/c1-27(18-33-23(30)19-12-6-3-7-13-19)28(2,35-25(32)21-16-10-5-11-17-21)22(29)26(36-27)34-24(31)20-14-8-4-9-15-20/h3-17,26H,18H2,1-2H3. The largest absolute Gasteiger partial charge is 0.459 e. The lowest BCUT2D eigenvalue weighted by molar-refractivity contribution is -0.178. The molecule has 8 heteroatoms. The molecule has 3 atom stereocenters. The van der Waals surface area contributed by atoms with Gasteiger partial charge in [-0.15, -0.1) is 0 Å². The molecule has 1 saturated heterocycles. The quantitative estimate of drug-likeness (QED) is 0.363. The van der Waals surface area contributed by atoms with E-state index in [9.17, 15) is 19.2 Å². The molecular weight excluding hydrogens is 464 g/mol. The highest BCUT2D eigenvalue weighted by Gasteiger charge is 2.66. The van der Waals surface area contributed by atoms with E-state index in [0.717, 1.165) is 0 Å². The van der Waals surface area contributed by atoms with Gasteiger partial charge in [0.15, 0.2) is 5.60 Å². The Bertz CT molecular complexity index is 1260. The Kier molecular flexibility index (Phi) is 6.98. The van der Waals surface area contributed by atoms with Crippen molar-refractivity contribution in [3.63, 3.8) is 0 Å². The topological polar surface area (TPSA) is 105 Å². The van der Waals surface area contributed by atoms with E-state index in [1.54, 1.807) is 66.7 Å². The van der Waals surface area contributed by atoms with E-state index in [1.807, 2.05) is 0 Å². The van der Waals surface area contributed by atoms with Crippen LogP contribution in [0.25, 0.3) is 0 Å². The number of esters is 3. The normalized spacial score (nSPS) is 23.1. The first-order valence-electron chi connectivity index (χ1n) is 11.2. The van der Waals surface area contributed by atoms with Crippen LogP contribution in [0, 0.1) is 0 Å². The molecular formula is C28H24O8. The highest BCUT2D eigenvalue weighted by molar-refractivity contribution is 6.00. The van der Waals surface area contributed by atoms with E-state index in [4.69, 9.17) is 18.9 Å². The van der Waals surface area contributed by atoms with Crippen molar-refractivity contribution in [2.75, 3.05) is 6.61 Å². The van der Waals surface area contributed by atoms with Crippen LogP contribution in [0.15, 0.2) is 91.0 Å². The number of hydrogen-bond acceptors (Lipinski definition) is 8. The number of carbonyl (C=O) groups is 4. The minimum Gasteiger partial charge on any atom is -0.459 e. The van der Waals surface area contributed by atoms with Crippen LogP contribution in [0.3, 0.4) is 0 Å². The van der Waals surface area contributed by atoms with E-state index >= 15 is 0 Å². The van der Waals surface area contributed by atoms with Gasteiger partial charge in [0.25, 0.3) is 6.29 Å². The Morgan fingerprint density at radius 2 is 1.17 bits per heavy atom. The second-order valence-corrected chi connectivity index (χ2v) is 8.55. The van der Waals surface area contributed by atoms with Gasteiger partial charge in [0.1, 0.15) is 6.61 Å². The average molecular weight is 488 g/mol. The molecule has 184 valence electrons. The van der Waals surface area contributed by atoms with Gasteiger partial charge in [-0.3, -0.25) is 4.79 Å². The second kappa shape index (κ2) is 10.1. The monoisotopic (exact) mass is 488 g/mol. The number of ether oxygens (including phenoxy) is 4. The predicted octanol–water partition coefficient (Wildman–Crippen LogP) is 4.00. The molecule has 3 aromatic rings. The first-order chi connectivity index (χ1) is 17.2. The third kappa shape index (κ3) is 4.89. The highest BCUT2D eigenvalue weighted by Crippen LogP contribution is 2.41. The minimum atomic E-state index is -1.95. The number of ketones is 1. The van der Waals surface area contributed by atoms with E-state index < -0.39 is 47.8 Å². The molecule has 1 aliphatic rings. The first kappa shape index (κ1) is 24.8. The van der Waals surface area contributed by atoms with Gasteiger partial charge in [-0.1, -0.05) is 54.6 Å². The zero-order valence-electron chi connectivity index (χ0n) is 19.7. The van der Waals surface area contributed by atoms with Gasteiger partial charge in [-0.05, 0) is 50.2 Å². The Labute approximate surface area is 207 Å². The van der Waals surface area contributed by atoms with E-state index in [0.29, 0.717) is 5.56 Å². The number of carbonyl (C=O) groups excluding carboxylic acids is 4. The molecule has 0 amide bonds. The molecule has 0 spiro atoms. The average Bonchev–Trinajstić information content (AvgIpc) is 3.09. The first-order valence-corrected chi connectivity index (χ1v) is 11.2. The van der Waals surface area contributed by atoms with Crippen molar-refractivity contribution in [2.45, 2.75) is 31.3 Å². The third-order valence-electron chi connectivity index (χ3n) is 6.08. The summed E-state index contributed by atoms with van der Waals surface area (Å²) >= 11 is 0. The lowest BCUT2D eigenvalue weighted by Crippen LogP contribution is -2.56.